The van der Waals surface area contributed by atoms with E-state index in [1.165, 1.54) is 12.8 Å². The van der Waals surface area contributed by atoms with Crippen LogP contribution in [-0.4, -0.2) is 11.7 Å². The van der Waals surface area contributed by atoms with Crippen LogP contribution >= 0.6 is 0 Å². The number of hydrogen-bond acceptors (Lipinski definition) is 1. The summed E-state index contributed by atoms with van der Waals surface area (Å²) < 4.78 is 0. The fourth-order valence-electron chi connectivity index (χ4n) is 4.03. The minimum Gasteiger partial charge on any atom is -0.396 e. The molecule has 1 fully saturated rings. The van der Waals surface area contributed by atoms with Crippen LogP contribution in [-0.2, 0) is 0 Å². The summed E-state index contributed by atoms with van der Waals surface area (Å²) in [5, 5.41) is 9.12. The molecule has 2 rings (SSSR count). The molecule has 1 heteroatoms. The van der Waals surface area contributed by atoms with Gasteiger partial charge in [0.2, 0.25) is 0 Å². The van der Waals surface area contributed by atoms with Gasteiger partial charge in [-0.05, 0) is 42.9 Å². The standard InChI is InChI=1S/C13H22O/c1-9-10-5-7-13(4,12(10,2)3)11(9)6-8-14/h10,14H,5-8H2,1-4H3/t10-,13-/m1/s1. The van der Waals surface area contributed by atoms with Gasteiger partial charge in [0.05, 0.1) is 0 Å². The van der Waals surface area contributed by atoms with Crippen molar-refractivity contribution in [1.29, 1.82) is 0 Å². The summed E-state index contributed by atoms with van der Waals surface area (Å²) in [5.74, 6) is 0.772. The molecule has 0 aliphatic heterocycles. The number of rotatable bonds is 2. The summed E-state index contributed by atoms with van der Waals surface area (Å²) in [4.78, 5) is 0. The van der Waals surface area contributed by atoms with Crippen LogP contribution in [0.15, 0.2) is 11.1 Å². The second kappa shape index (κ2) is 2.85. The Hall–Kier alpha value is -0.300. The summed E-state index contributed by atoms with van der Waals surface area (Å²) in [6.45, 7) is 9.79. The molecular formula is C13H22O. The Balaban J connectivity index is 2.43. The Bertz CT molecular complexity index is 288. The van der Waals surface area contributed by atoms with Gasteiger partial charge in [-0.25, -0.2) is 0 Å². The van der Waals surface area contributed by atoms with Crippen LogP contribution in [0.1, 0.15) is 47.0 Å². The van der Waals surface area contributed by atoms with E-state index in [0.717, 1.165) is 12.3 Å². The summed E-state index contributed by atoms with van der Waals surface area (Å²) >= 11 is 0. The third-order valence-electron chi connectivity index (χ3n) is 5.25. The first kappa shape index (κ1) is 10.2. The summed E-state index contributed by atoms with van der Waals surface area (Å²) in [5.41, 5.74) is 3.92. The minimum absolute atomic E-state index is 0.311. The summed E-state index contributed by atoms with van der Waals surface area (Å²) in [6, 6.07) is 0. The zero-order chi connectivity index (χ0) is 10.6. The van der Waals surface area contributed by atoms with Crippen LogP contribution in [0.2, 0.25) is 0 Å². The van der Waals surface area contributed by atoms with Crippen molar-refractivity contribution in [2.24, 2.45) is 16.7 Å². The molecule has 0 amide bonds. The van der Waals surface area contributed by atoms with Crippen molar-refractivity contribution in [3.05, 3.63) is 11.1 Å². The van der Waals surface area contributed by atoms with Gasteiger partial charge >= 0.3 is 0 Å². The lowest BCUT2D eigenvalue weighted by atomic mass is 9.67. The molecule has 0 aromatic carbocycles. The average Bonchev–Trinajstić information content (AvgIpc) is 2.39. The van der Waals surface area contributed by atoms with Gasteiger partial charge in [0.25, 0.3) is 0 Å². The first-order valence-corrected chi connectivity index (χ1v) is 5.76. The molecule has 0 aromatic rings. The fraction of sp³-hybridized carbons (Fsp3) is 0.846. The Kier molecular flexibility index (Phi) is 2.08. The minimum atomic E-state index is 0.311. The van der Waals surface area contributed by atoms with E-state index in [2.05, 4.69) is 27.7 Å². The van der Waals surface area contributed by atoms with Gasteiger partial charge in [0, 0.05) is 6.61 Å². The topological polar surface area (TPSA) is 20.2 Å². The van der Waals surface area contributed by atoms with Crippen molar-refractivity contribution >= 4 is 0 Å². The lowest BCUT2D eigenvalue weighted by molar-refractivity contribution is 0.161. The Morgan fingerprint density at radius 1 is 1.36 bits per heavy atom. The largest absolute Gasteiger partial charge is 0.396 e. The zero-order valence-corrected chi connectivity index (χ0v) is 9.85. The molecule has 1 N–H and O–H groups in total. The molecule has 1 nitrogen and oxygen atoms in total. The van der Waals surface area contributed by atoms with Crippen LogP contribution < -0.4 is 0 Å². The third-order valence-corrected chi connectivity index (χ3v) is 5.25. The van der Waals surface area contributed by atoms with Gasteiger partial charge in [-0.15, -0.1) is 0 Å². The maximum absolute atomic E-state index is 9.12. The molecule has 2 aliphatic rings. The zero-order valence-electron chi connectivity index (χ0n) is 9.85. The number of aliphatic hydroxyl groups is 1. The first-order chi connectivity index (χ1) is 6.45. The van der Waals surface area contributed by atoms with Crippen LogP contribution in [0.4, 0.5) is 0 Å². The Morgan fingerprint density at radius 3 is 2.43 bits per heavy atom. The average molecular weight is 194 g/mol. The lowest BCUT2D eigenvalue weighted by Gasteiger charge is -2.37. The number of allylic oxidation sites excluding steroid dienone is 1. The molecule has 0 aromatic heterocycles. The van der Waals surface area contributed by atoms with Gasteiger partial charge in [0.1, 0.15) is 0 Å². The van der Waals surface area contributed by atoms with E-state index in [9.17, 15) is 0 Å². The van der Waals surface area contributed by atoms with Gasteiger partial charge in [-0.2, -0.15) is 0 Å². The number of fused-ring (bicyclic) bond motifs is 2. The first-order valence-electron chi connectivity index (χ1n) is 5.76. The second-order valence-corrected chi connectivity index (χ2v) is 5.78. The molecule has 0 unspecified atom stereocenters. The van der Waals surface area contributed by atoms with E-state index in [4.69, 9.17) is 5.11 Å². The highest BCUT2D eigenvalue weighted by atomic mass is 16.3. The van der Waals surface area contributed by atoms with Crippen molar-refractivity contribution in [2.75, 3.05) is 6.61 Å². The van der Waals surface area contributed by atoms with Crippen LogP contribution in [0.5, 0.6) is 0 Å². The van der Waals surface area contributed by atoms with Crippen molar-refractivity contribution in [2.45, 2.75) is 47.0 Å². The monoisotopic (exact) mass is 194 g/mol. The normalized spacial score (nSPS) is 39.6. The summed E-state index contributed by atoms with van der Waals surface area (Å²) in [6.07, 6.45) is 3.56. The van der Waals surface area contributed by atoms with Crippen LogP contribution in [0.25, 0.3) is 0 Å². The van der Waals surface area contributed by atoms with Crippen molar-refractivity contribution in [1.82, 2.24) is 0 Å². The maximum atomic E-state index is 9.12. The lowest BCUT2D eigenvalue weighted by Crippen LogP contribution is -2.30. The molecule has 1 saturated carbocycles. The molecule has 0 heterocycles. The smallest absolute Gasteiger partial charge is 0.0468 e. The predicted molar refractivity (Wildman–Crippen MR) is 59.0 cm³/mol. The van der Waals surface area contributed by atoms with Crippen LogP contribution in [0.3, 0.4) is 0 Å². The highest BCUT2D eigenvalue weighted by Crippen LogP contribution is 2.68. The third kappa shape index (κ3) is 0.942. The Morgan fingerprint density at radius 2 is 2.00 bits per heavy atom. The highest BCUT2D eigenvalue weighted by molar-refractivity contribution is 5.37. The van der Waals surface area contributed by atoms with E-state index in [1.807, 2.05) is 0 Å². The van der Waals surface area contributed by atoms with E-state index in [0.29, 0.717) is 17.4 Å². The molecule has 0 saturated heterocycles. The van der Waals surface area contributed by atoms with E-state index >= 15 is 0 Å². The van der Waals surface area contributed by atoms with E-state index in [1.54, 1.807) is 11.1 Å². The van der Waals surface area contributed by atoms with Gasteiger partial charge in [-0.3, -0.25) is 0 Å². The van der Waals surface area contributed by atoms with Gasteiger partial charge in [-0.1, -0.05) is 31.9 Å². The molecule has 0 spiro atoms. The molecule has 2 aliphatic carbocycles. The van der Waals surface area contributed by atoms with Gasteiger partial charge in [0.15, 0.2) is 0 Å². The van der Waals surface area contributed by atoms with E-state index < -0.39 is 0 Å². The number of hydrogen-bond donors (Lipinski definition) is 1. The van der Waals surface area contributed by atoms with Gasteiger partial charge < -0.3 is 5.11 Å². The molecule has 80 valence electrons. The van der Waals surface area contributed by atoms with Crippen molar-refractivity contribution < 1.29 is 5.11 Å². The van der Waals surface area contributed by atoms with Crippen molar-refractivity contribution in [3.8, 4) is 0 Å². The fourth-order valence-corrected chi connectivity index (χ4v) is 4.03. The predicted octanol–water partition coefficient (Wildman–Crippen LogP) is 3.14. The van der Waals surface area contributed by atoms with E-state index in [-0.39, 0.29) is 0 Å². The van der Waals surface area contributed by atoms with Crippen LogP contribution in [0, 0.1) is 16.7 Å². The second-order valence-electron chi connectivity index (χ2n) is 5.78. The molecule has 2 atom stereocenters. The summed E-state index contributed by atoms with van der Waals surface area (Å²) in [7, 11) is 0. The number of aliphatic hydroxyl groups excluding tert-OH is 1. The quantitative estimate of drug-likeness (QED) is 0.670. The molecule has 0 radical (unpaired) electrons. The Labute approximate surface area is 87.2 Å². The maximum Gasteiger partial charge on any atom is 0.0468 e. The molecule has 14 heavy (non-hydrogen) atoms. The SMILES string of the molecule is CC1=C(CCO)[C@@]2(C)CC[C@H]1C2(C)C. The molecular weight excluding hydrogens is 172 g/mol. The molecule has 2 bridgehead atoms. The highest BCUT2D eigenvalue weighted by Gasteiger charge is 2.58. The van der Waals surface area contributed by atoms with Crippen molar-refractivity contribution in [3.63, 3.8) is 0 Å².